The number of aromatic carboxylic acids is 1. The summed E-state index contributed by atoms with van der Waals surface area (Å²) in [5.41, 5.74) is 0.0955. The fourth-order valence-corrected chi connectivity index (χ4v) is 6.17. The molecule has 7 nitrogen and oxygen atoms in total. The van der Waals surface area contributed by atoms with Crippen LogP contribution in [0.5, 0.6) is 0 Å². The molecule has 1 N–H and O–H groups in total. The first-order valence-electron chi connectivity index (χ1n) is 11.4. The molecule has 0 bridgehead atoms. The van der Waals surface area contributed by atoms with Crippen LogP contribution in [0.2, 0.25) is 0 Å². The molecular formula is C24H34N2O5S2. The third-order valence-electron chi connectivity index (χ3n) is 6.29. The molecule has 1 aromatic heterocycles. The minimum atomic E-state index is -3.40. The predicted octanol–water partition coefficient (Wildman–Crippen LogP) is 4.04. The Labute approximate surface area is 201 Å². The highest BCUT2D eigenvalue weighted by molar-refractivity contribution is 7.88. The van der Waals surface area contributed by atoms with Gasteiger partial charge in [-0.15, -0.1) is 11.3 Å². The molecule has 1 aromatic rings. The average molecular weight is 495 g/mol. The van der Waals surface area contributed by atoms with Gasteiger partial charge in [0, 0.05) is 24.4 Å². The SMILES string of the molecule is CC(C)(C)C#Cc1cc(N(C(=O)[C@H]2CC[C@@H](C)CC2)[C@H]2CCN(S(C)(=O)=O)C2)c(C(=O)O)s1. The Kier molecular flexibility index (Phi) is 7.62. The summed E-state index contributed by atoms with van der Waals surface area (Å²) in [4.78, 5) is 28.2. The molecular weight excluding hydrogens is 460 g/mol. The number of carboxylic acid groups (broad SMARTS) is 1. The molecule has 0 unspecified atom stereocenters. The molecule has 1 saturated carbocycles. The van der Waals surface area contributed by atoms with E-state index in [1.54, 1.807) is 11.0 Å². The first-order valence-corrected chi connectivity index (χ1v) is 14.1. The second kappa shape index (κ2) is 9.77. The van der Waals surface area contributed by atoms with Gasteiger partial charge in [-0.1, -0.05) is 18.8 Å². The highest BCUT2D eigenvalue weighted by Crippen LogP contribution is 2.38. The number of sulfonamides is 1. The molecule has 1 atom stereocenters. The van der Waals surface area contributed by atoms with E-state index in [0.29, 0.717) is 29.4 Å². The van der Waals surface area contributed by atoms with Crippen molar-refractivity contribution in [3.8, 4) is 11.8 Å². The van der Waals surface area contributed by atoms with Gasteiger partial charge >= 0.3 is 5.97 Å². The van der Waals surface area contributed by atoms with Gasteiger partial charge < -0.3 is 10.0 Å². The second-order valence-electron chi connectivity index (χ2n) is 10.4. The number of amides is 1. The second-order valence-corrected chi connectivity index (χ2v) is 13.4. The molecule has 2 aliphatic rings. The van der Waals surface area contributed by atoms with Gasteiger partial charge in [-0.2, -0.15) is 0 Å². The summed E-state index contributed by atoms with van der Waals surface area (Å²) in [5.74, 6) is 5.38. The minimum absolute atomic E-state index is 0.0727. The van der Waals surface area contributed by atoms with Crippen LogP contribution in [0.15, 0.2) is 6.07 Å². The normalized spacial score (nSPS) is 24.2. The maximum Gasteiger partial charge on any atom is 0.348 e. The largest absolute Gasteiger partial charge is 0.477 e. The van der Waals surface area contributed by atoms with Crippen molar-refractivity contribution in [1.82, 2.24) is 4.31 Å². The van der Waals surface area contributed by atoms with Gasteiger partial charge in [0.15, 0.2) is 0 Å². The van der Waals surface area contributed by atoms with Crippen molar-refractivity contribution in [2.45, 2.75) is 65.8 Å². The quantitative estimate of drug-likeness (QED) is 0.624. The van der Waals surface area contributed by atoms with Crippen molar-refractivity contribution in [2.75, 3.05) is 24.2 Å². The van der Waals surface area contributed by atoms with Crippen LogP contribution in [0.25, 0.3) is 0 Å². The summed E-state index contributed by atoms with van der Waals surface area (Å²) in [5, 5.41) is 9.92. The summed E-state index contributed by atoms with van der Waals surface area (Å²) in [6, 6.07) is 1.29. The predicted molar refractivity (Wildman–Crippen MR) is 131 cm³/mol. The molecule has 9 heteroatoms. The molecule has 1 amide bonds. The van der Waals surface area contributed by atoms with E-state index in [2.05, 4.69) is 18.8 Å². The highest BCUT2D eigenvalue weighted by Gasteiger charge is 2.40. The van der Waals surface area contributed by atoms with Crippen LogP contribution in [0.3, 0.4) is 0 Å². The summed E-state index contributed by atoms with van der Waals surface area (Å²) >= 11 is 1.07. The number of carbonyl (C=O) groups is 2. The number of carboxylic acids is 1. The molecule has 33 heavy (non-hydrogen) atoms. The maximum absolute atomic E-state index is 13.8. The standard InChI is InChI=1S/C24H34N2O5S2/c1-16-6-8-17(9-7-16)22(27)26(18-11-13-25(15-18)33(5,30)31)20-14-19(10-12-24(2,3)4)32-21(20)23(28)29/h14,16-18H,6-9,11,13,15H2,1-5H3,(H,28,29)/t16-,17+,18-/m0/s1. The van der Waals surface area contributed by atoms with Crippen LogP contribution in [0, 0.1) is 29.1 Å². The van der Waals surface area contributed by atoms with E-state index in [-0.39, 0.29) is 28.7 Å². The highest BCUT2D eigenvalue weighted by atomic mass is 32.2. The summed E-state index contributed by atoms with van der Waals surface area (Å²) in [7, 11) is -3.40. The maximum atomic E-state index is 13.8. The monoisotopic (exact) mass is 494 g/mol. The van der Waals surface area contributed by atoms with Crippen molar-refractivity contribution < 1.29 is 23.1 Å². The number of hydrogen-bond acceptors (Lipinski definition) is 5. The zero-order chi connectivity index (χ0) is 24.6. The van der Waals surface area contributed by atoms with Crippen LogP contribution in [-0.2, 0) is 14.8 Å². The van der Waals surface area contributed by atoms with E-state index < -0.39 is 22.0 Å². The lowest BCUT2D eigenvalue weighted by Gasteiger charge is -2.34. The van der Waals surface area contributed by atoms with E-state index in [1.165, 1.54) is 4.31 Å². The third kappa shape index (κ3) is 6.37. The average Bonchev–Trinajstić information content (AvgIpc) is 3.34. The number of hydrogen-bond donors (Lipinski definition) is 1. The minimum Gasteiger partial charge on any atom is -0.477 e. The van der Waals surface area contributed by atoms with Gasteiger partial charge in [-0.05, 0) is 64.9 Å². The first-order chi connectivity index (χ1) is 15.3. The van der Waals surface area contributed by atoms with Crippen molar-refractivity contribution in [3.63, 3.8) is 0 Å². The van der Waals surface area contributed by atoms with Crippen LogP contribution >= 0.6 is 11.3 Å². The molecule has 0 aromatic carbocycles. The van der Waals surface area contributed by atoms with Gasteiger partial charge in [0.1, 0.15) is 4.88 Å². The van der Waals surface area contributed by atoms with Crippen LogP contribution in [-0.4, -0.2) is 55.1 Å². The Hall–Kier alpha value is -1.89. The molecule has 1 aliphatic heterocycles. The fraction of sp³-hybridized carbons (Fsp3) is 0.667. The van der Waals surface area contributed by atoms with Crippen LogP contribution in [0.4, 0.5) is 5.69 Å². The number of anilines is 1. The van der Waals surface area contributed by atoms with Gasteiger partial charge in [-0.3, -0.25) is 4.79 Å². The van der Waals surface area contributed by atoms with Crippen molar-refractivity contribution >= 4 is 38.9 Å². The van der Waals surface area contributed by atoms with Crippen molar-refractivity contribution in [3.05, 3.63) is 15.8 Å². The van der Waals surface area contributed by atoms with Gasteiger partial charge in [-0.25, -0.2) is 17.5 Å². The zero-order valence-electron chi connectivity index (χ0n) is 20.1. The molecule has 182 valence electrons. The van der Waals surface area contributed by atoms with Gasteiger partial charge in [0.2, 0.25) is 15.9 Å². The molecule has 2 fully saturated rings. The Morgan fingerprint density at radius 3 is 2.33 bits per heavy atom. The van der Waals surface area contributed by atoms with Gasteiger partial charge in [0.05, 0.1) is 22.9 Å². The lowest BCUT2D eigenvalue weighted by molar-refractivity contribution is -0.124. The van der Waals surface area contributed by atoms with E-state index in [4.69, 9.17) is 0 Å². The van der Waals surface area contributed by atoms with E-state index in [9.17, 15) is 23.1 Å². The first kappa shape index (κ1) is 25.7. The molecule has 0 spiro atoms. The Morgan fingerprint density at radius 1 is 1.18 bits per heavy atom. The summed E-state index contributed by atoms with van der Waals surface area (Å²) < 4.78 is 25.6. The molecule has 2 heterocycles. The summed E-state index contributed by atoms with van der Waals surface area (Å²) in [6.45, 7) is 8.60. The number of rotatable bonds is 5. The molecule has 1 saturated heterocycles. The van der Waals surface area contributed by atoms with E-state index in [1.807, 2.05) is 20.8 Å². The lowest BCUT2D eigenvalue weighted by atomic mass is 9.82. The third-order valence-corrected chi connectivity index (χ3v) is 8.59. The van der Waals surface area contributed by atoms with Crippen LogP contribution < -0.4 is 4.90 Å². The number of thiophene rings is 1. The Balaban J connectivity index is 2.03. The fourth-order valence-electron chi connectivity index (χ4n) is 4.45. The van der Waals surface area contributed by atoms with Gasteiger partial charge in [0.25, 0.3) is 0 Å². The molecule has 0 radical (unpaired) electrons. The zero-order valence-corrected chi connectivity index (χ0v) is 21.7. The molecule has 3 rings (SSSR count). The lowest BCUT2D eigenvalue weighted by Crippen LogP contribution is -2.46. The summed E-state index contributed by atoms with van der Waals surface area (Å²) in [6.07, 6.45) is 5.09. The van der Waals surface area contributed by atoms with Crippen LogP contribution in [0.1, 0.15) is 74.3 Å². The number of nitrogens with zero attached hydrogens (tertiary/aromatic N) is 2. The Bertz CT molecular complexity index is 1070. The van der Waals surface area contributed by atoms with Crippen molar-refractivity contribution in [1.29, 1.82) is 0 Å². The number of carbonyl (C=O) groups excluding carboxylic acids is 1. The van der Waals surface area contributed by atoms with E-state index in [0.717, 1.165) is 43.3 Å². The van der Waals surface area contributed by atoms with E-state index >= 15 is 0 Å². The molecule has 1 aliphatic carbocycles. The smallest absolute Gasteiger partial charge is 0.348 e. The topological polar surface area (TPSA) is 95.0 Å². The van der Waals surface area contributed by atoms with Crippen molar-refractivity contribution in [2.24, 2.45) is 17.3 Å². The Morgan fingerprint density at radius 2 is 1.82 bits per heavy atom.